The second kappa shape index (κ2) is 7.17. The molecule has 1 rings (SSSR count). The van der Waals surface area contributed by atoms with Crippen molar-refractivity contribution >= 4 is 12.0 Å². The first-order valence-corrected chi connectivity index (χ1v) is 5.95. The third kappa shape index (κ3) is 4.89. The lowest BCUT2D eigenvalue weighted by molar-refractivity contribution is -0.144. The molecule has 0 heterocycles. The number of methoxy groups -OCH3 is 1. The maximum atomic E-state index is 11.8. The molecule has 1 fully saturated rings. The molecule has 0 bridgehead atoms. The van der Waals surface area contributed by atoms with Crippen LogP contribution in [0.15, 0.2) is 0 Å². The number of carboxylic acid groups (broad SMARTS) is 1. The molecular formula is C11H20N2O5. The number of carboxylic acids is 1. The van der Waals surface area contributed by atoms with Crippen molar-refractivity contribution in [1.82, 2.24) is 10.4 Å². The zero-order chi connectivity index (χ0) is 13.5. The van der Waals surface area contributed by atoms with Crippen LogP contribution in [0.25, 0.3) is 0 Å². The predicted octanol–water partition coefficient (Wildman–Crippen LogP) is 0.459. The van der Waals surface area contributed by atoms with Crippen molar-refractivity contribution in [2.24, 2.45) is 5.92 Å². The fraction of sp³-hybridized carbons (Fsp3) is 0.818. The molecule has 7 heteroatoms. The zero-order valence-corrected chi connectivity index (χ0v) is 10.7. The van der Waals surface area contributed by atoms with Gasteiger partial charge in [-0.1, -0.05) is 0 Å². The molecule has 1 aliphatic carbocycles. The summed E-state index contributed by atoms with van der Waals surface area (Å²) in [5.74, 6) is -0.610. The van der Waals surface area contributed by atoms with Gasteiger partial charge in [-0.05, 0) is 25.7 Å². The molecule has 1 aliphatic rings. The van der Waals surface area contributed by atoms with Gasteiger partial charge in [-0.3, -0.25) is 4.84 Å². The molecular weight excluding hydrogens is 240 g/mol. The second-order valence-corrected chi connectivity index (χ2v) is 4.35. The van der Waals surface area contributed by atoms with E-state index in [9.17, 15) is 9.59 Å². The molecule has 2 N–H and O–H groups in total. The van der Waals surface area contributed by atoms with E-state index in [1.807, 2.05) is 6.92 Å². The quantitative estimate of drug-likeness (QED) is 0.619. The van der Waals surface area contributed by atoms with Gasteiger partial charge >= 0.3 is 12.0 Å². The summed E-state index contributed by atoms with van der Waals surface area (Å²) in [5.41, 5.74) is 2.14. The van der Waals surface area contributed by atoms with E-state index in [4.69, 9.17) is 9.84 Å². The summed E-state index contributed by atoms with van der Waals surface area (Å²) in [4.78, 5) is 28.3. The average Bonchev–Trinajstić information content (AvgIpc) is 3.12. The van der Waals surface area contributed by atoms with E-state index < -0.39 is 18.6 Å². The van der Waals surface area contributed by atoms with Gasteiger partial charge in [-0.2, -0.15) is 0 Å². The Kier molecular flexibility index (Phi) is 5.87. The second-order valence-electron chi connectivity index (χ2n) is 4.35. The van der Waals surface area contributed by atoms with Crippen LogP contribution >= 0.6 is 0 Å². The monoisotopic (exact) mass is 260 g/mol. The van der Waals surface area contributed by atoms with Crippen LogP contribution in [0.4, 0.5) is 4.79 Å². The van der Waals surface area contributed by atoms with Crippen LogP contribution < -0.4 is 5.48 Å². The number of amides is 2. The highest BCUT2D eigenvalue weighted by Gasteiger charge is 2.34. The molecule has 1 unspecified atom stereocenters. The summed E-state index contributed by atoms with van der Waals surface area (Å²) in [7, 11) is 1.57. The van der Waals surface area contributed by atoms with Gasteiger partial charge in [0.25, 0.3) is 0 Å². The van der Waals surface area contributed by atoms with Gasteiger partial charge < -0.3 is 14.7 Å². The first-order chi connectivity index (χ1) is 8.56. The van der Waals surface area contributed by atoms with Gasteiger partial charge in [0, 0.05) is 19.7 Å². The van der Waals surface area contributed by atoms with Gasteiger partial charge in [-0.25, -0.2) is 15.1 Å². The highest BCUT2D eigenvalue weighted by Crippen LogP contribution is 2.35. The number of carbonyl (C=O) groups excluding carboxylic acids is 1. The summed E-state index contributed by atoms with van der Waals surface area (Å²) < 4.78 is 4.96. The minimum atomic E-state index is -1.13. The number of aliphatic carboxylic acids is 1. The predicted molar refractivity (Wildman–Crippen MR) is 62.9 cm³/mol. The van der Waals surface area contributed by atoms with E-state index >= 15 is 0 Å². The van der Waals surface area contributed by atoms with Gasteiger partial charge in [0.1, 0.15) is 0 Å². The summed E-state index contributed by atoms with van der Waals surface area (Å²) in [5, 5.41) is 8.40. The number of nitrogens with zero attached hydrogens (tertiary/aromatic N) is 1. The van der Waals surface area contributed by atoms with Crippen LogP contribution in [0.1, 0.15) is 19.8 Å². The van der Waals surface area contributed by atoms with Crippen LogP contribution in [-0.4, -0.2) is 54.9 Å². The van der Waals surface area contributed by atoms with E-state index in [-0.39, 0.29) is 6.04 Å². The van der Waals surface area contributed by atoms with Crippen molar-refractivity contribution in [3.63, 3.8) is 0 Å². The fourth-order valence-electron chi connectivity index (χ4n) is 1.73. The molecule has 0 radical (unpaired) electrons. The molecule has 2 amide bonds. The van der Waals surface area contributed by atoms with E-state index in [1.165, 1.54) is 0 Å². The van der Waals surface area contributed by atoms with Crippen LogP contribution in [0.5, 0.6) is 0 Å². The number of hydrogen-bond donors (Lipinski definition) is 2. The number of nitrogens with one attached hydrogen (secondary N) is 1. The Labute approximate surface area is 106 Å². The molecule has 0 saturated heterocycles. The normalized spacial score (nSPS) is 16.1. The molecule has 104 valence electrons. The summed E-state index contributed by atoms with van der Waals surface area (Å²) >= 11 is 0. The Morgan fingerprint density at radius 3 is 2.67 bits per heavy atom. The molecule has 1 atom stereocenters. The molecule has 7 nitrogen and oxygen atoms in total. The SMILES string of the molecule is COCCN(C(=O)NOCC(=O)O)C(C)C1CC1. The number of rotatable bonds is 8. The smallest absolute Gasteiger partial charge is 0.341 e. The minimum Gasteiger partial charge on any atom is -0.479 e. The Morgan fingerprint density at radius 2 is 2.17 bits per heavy atom. The Morgan fingerprint density at radius 1 is 1.50 bits per heavy atom. The third-order valence-electron chi connectivity index (χ3n) is 2.95. The fourth-order valence-corrected chi connectivity index (χ4v) is 1.73. The number of hydrogen-bond acceptors (Lipinski definition) is 4. The van der Waals surface area contributed by atoms with Crippen LogP contribution in [0.2, 0.25) is 0 Å². The standard InChI is InChI=1S/C11H20N2O5/c1-8(9-3-4-9)13(5-6-17-2)11(16)12-18-7-10(14)15/h8-9H,3-7H2,1-2H3,(H,12,16)(H,14,15). The van der Waals surface area contributed by atoms with Crippen molar-refractivity contribution < 1.29 is 24.3 Å². The van der Waals surface area contributed by atoms with Gasteiger partial charge in [0.05, 0.1) is 6.61 Å². The van der Waals surface area contributed by atoms with Crippen molar-refractivity contribution in [3.8, 4) is 0 Å². The van der Waals surface area contributed by atoms with Crippen LogP contribution in [0.3, 0.4) is 0 Å². The lowest BCUT2D eigenvalue weighted by atomic mass is 10.2. The molecule has 18 heavy (non-hydrogen) atoms. The number of carbonyl (C=O) groups is 2. The van der Waals surface area contributed by atoms with Crippen molar-refractivity contribution in [3.05, 3.63) is 0 Å². The van der Waals surface area contributed by atoms with Crippen molar-refractivity contribution in [1.29, 1.82) is 0 Å². The highest BCUT2D eigenvalue weighted by atomic mass is 16.7. The molecule has 0 aromatic heterocycles. The van der Waals surface area contributed by atoms with E-state index in [0.717, 1.165) is 12.8 Å². The average molecular weight is 260 g/mol. The summed E-state index contributed by atoms with van der Waals surface area (Å²) in [6.45, 7) is 2.31. The minimum absolute atomic E-state index is 0.105. The largest absolute Gasteiger partial charge is 0.479 e. The number of ether oxygens (including phenoxy) is 1. The van der Waals surface area contributed by atoms with Gasteiger partial charge in [0.2, 0.25) is 0 Å². The number of urea groups is 1. The first kappa shape index (κ1) is 14.7. The Bertz CT molecular complexity index is 293. The lowest BCUT2D eigenvalue weighted by Crippen LogP contribution is -2.47. The van der Waals surface area contributed by atoms with Crippen LogP contribution in [0, 0.1) is 5.92 Å². The van der Waals surface area contributed by atoms with Crippen LogP contribution in [-0.2, 0) is 14.4 Å². The van der Waals surface area contributed by atoms with Gasteiger partial charge in [0.15, 0.2) is 6.61 Å². The first-order valence-electron chi connectivity index (χ1n) is 5.95. The highest BCUT2D eigenvalue weighted by molar-refractivity contribution is 5.74. The maximum Gasteiger partial charge on any atom is 0.341 e. The van der Waals surface area contributed by atoms with E-state index in [2.05, 4.69) is 10.3 Å². The zero-order valence-electron chi connectivity index (χ0n) is 10.7. The van der Waals surface area contributed by atoms with Crippen molar-refractivity contribution in [2.45, 2.75) is 25.8 Å². The third-order valence-corrected chi connectivity index (χ3v) is 2.95. The summed E-state index contributed by atoms with van der Waals surface area (Å²) in [6, 6.07) is -0.318. The molecule has 0 aromatic rings. The lowest BCUT2D eigenvalue weighted by Gasteiger charge is -2.28. The maximum absolute atomic E-state index is 11.8. The van der Waals surface area contributed by atoms with Crippen molar-refractivity contribution in [2.75, 3.05) is 26.9 Å². The topological polar surface area (TPSA) is 88.1 Å². The van der Waals surface area contributed by atoms with Gasteiger partial charge in [-0.15, -0.1) is 0 Å². The summed E-state index contributed by atoms with van der Waals surface area (Å²) in [6.07, 6.45) is 2.24. The molecule has 1 saturated carbocycles. The molecule has 0 aliphatic heterocycles. The Balaban J connectivity index is 2.41. The Hall–Kier alpha value is -1.34. The molecule has 0 aromatic carbocycles. The number of hydroxylamine groups is 1. The molecule has 0 spiro atoms. The van der Waals surface area contributed by atoms with E-state index in [0.29, 0.717) is 19.1 Å². The van der Waals surface area contributed by atoms with E-state index in [1.54, 1.807) is 12.0 Å².